The lowest BCUT2D eigenvalue weighted by molar-refractivity contribution is 0.00314. The zero-order valence-electron chi connectivity index (χ0n) is 12.2. The maximum atomic E-state index is 14.3. The van der Waals surface area contributed by atoms with Crippen molar-refractivity contribution in [2.75, 3.05) is 0 Å². The number of rotatable bonds is 7. The van der Waals surface area contributed by atoms with Crippen molar-refractivity contribution < 1.29 is 22.4 Å². The average molecular weight is 298 g/mol. The molecule has 3 nitrogen and oxygen atoms in total. The molecule has 0 atom stereocenters. The second-order valence-corrected chi connectivity index (χ2v) is 7.90. The molecule has 0 aromatic rings. The van der Waals surface area contributed by atoms with Crippen LogP contribution >= 0.6 is 7.60 Å². The van der Waals surface area contributed by atoms with E-state index in [9.17, 15) is 13.3 Å². The summed E-state index contributed by atoms with van der Waals surface area (Å²) in [5.41, 5.74) is -3.41. The predicted octanol–water partition coefficient (Wildman–Crippen LogP) is 5.20. The molecule has 0 bridgehead atoms. The second kappa shape index (κ2) is 6.64. The van der Waals surface area contributed by atoms with E-state index >= 15 is 0 Å². The molecule has 114 valence electrons. The van der Waals surface area contributed by atoms with Gasteiger partial charge in [-0.15, -0.1) is 0 Å². The molecule has 0 radical (unpaired) electrons. The first kappa shape index (κ1) is 17.1. The first-order valence-corrected chi connectivity index (χ1v) is 8.55. The molecule has 0 spiro atoms. The van der Waals surface area contributed by atoms with Crippen LogP contribution in [0.15, 0.2) is 0 Å². The normalized spacial score (nSPS) is 18.7. The van der Waals surface area contributed by atoms with E-state index in [1.54, 1.807) is 27.7 Å². The number of hydrogen-bond acceptors (Lipinski definition) is 3. The molecule has 1 saturated carbocycles. The van der Waals surface area contributed by atoms with Gasteiger partial charge in [0.05, 0.1) is 12.2 Å². The van der Waals surface area contributed by atoms with Crippen LogP contribution in [0.1, 0.15) is 59.8 Å². The van der Waals surface area contributed by atoms with Gasteiger partial charge in [0.25, 0.3) is 0 Å². The lowest BCUT2D eigenvalue weighted by Gasteiger charge is -2.30. The summed E-state index contributed by atoms with van der Waals surface area (Å²) < 4.78 is 51.1. The summed E-state index contributed by atoms with van der Waals surface area (Å²) in [5.74, 6) is -0.0742. The Morgan fingerprint density at radius 1 is 1.11 bits per heavy atom. The largest absolute Gasteiger partial charge is 0.400 e. The van der Waals surface area contributed by atoms with Crippen molar-refractivity contribution in [3.05, 3.63) is 0 Å². The summed E-state index contributed by atoms with van der Waals surface area (Å²) >= 11 is 0. The van der Waals surface area contributed by atoms with Gasteiger partial charge in [-0.2, -0.15) is 8.78 Å². The Hall–Kier alpha value is 0.01000. The van der Waals surface area contributed by atoms with Crippen LogP contribution in [0, 0.1) is 5.92 Å². The molecule has 0 N–H and O–H groups in total. The average Bonchev–Trinajstić information content (AvgIpc) is 2.66. The highest BCUT2D eigenvalue weighted by Crippen LogP contribution is 2.65. The highest BCUT2D eigenvalue weighted by molar-refractivity contribution is 7.55. The van der Waals surface area contributed by atoms with E-state index in [4.69, 9.17) is 9.05 Å². The van der Waals surface area contributed by atoms with Gasteiger partial charge in [-0.05, 0) is 33.6 Å². The number of alkyl halides is 2. The smallest absolute Gasteiger partial charge is 0.302 e. The zero-order chi connectivity index (χ0) is 14.7. The minimum absolute atomic E-state index is 0.0742. The van der Waals surface area contributed by atoms with Gasteiger partial charge in [0.1, 0.15) is 0 Å². The molecular formula is C13H25F2O3P. The van der Waals surface area contributed by atoms with E-state index < -0.39 is 31.9 Å². The van der Waals surface area contributed by atoms with Crippen LogP contribution in [0.4, 0.5) is 8.78 Å². The summed E-state index contributed by atoms with van der Waals surface area (Å²) in [6, 6.07) is 0. The van der Waals surface area contributed by atoms with Gasteiger partial charge in [0.2, 0.25) is 0 Å². The molecule has 1 rings (SSSR count). The first-order chi connectivity index (χ1) is 8.66. The Bertz CT molecular complexity index is 312. The van der Waals surface area contributed by atoms with Gasteiger partial charge in [-0.1, -0.05) is 25.7 Å². The third kappa shape index (κ3) is 4.80. The van der Waals surface area contributed by atoms with Gasteiger partial charge in [-0.25, -0.2) is 0 Å². The van der Waals surface area contributed by atoms with Crippen LogP contribution < -0.4 is 0 Å². The van der Waals surface area contributed by atoms with Crippen LogP contribution in [-0.2, 0) is 13.6 Å². The van der Waals surface area contributed by atoms with Crippen LogP contribution in [0.2, 0.25) is 0 Å². The second-order valence-electron chi connectivity index (χ2n) is 5.83. The molecule has 0 saturated heterocycles. The van der Waals surface area contributed by atoms with E-state index in [1.807, 2.05) is 0 Å². The highest BCUT2D eigenvalue weighted by atomic mass is 31.2. The van der Waals surface area contributed by atoms with E-state index in [1.165, 1.54) is 0 Å². The van der Waals surface area contributed by atoms with Crippen molar-refractivity contribution >= 4 is 7.60 Å². The van der Waals surface area contributed by atoms with Crippen LogP contribution in [-0.4, -0.2) is 17.9 Å². The Morgan fingerprint density at radius 2 is 1.53 bits per heavy atom. The predicted molar refractivity (Wildman–Crippen MR) is 71.6 cm³/mol. The molecule has 0 heterocycles. The summed E-state index contributed by atoms with van der Waals surface area (Å²) in [7, 11) is -4.42. The van der Waals surface area contributed by atoms with Crippen molar-refractivity contribution in [3.8, 4) is 0 Å². The SMILES string of the molecule is CC(C)OP(=O)(OC(C)C)C(F)(F)CC1CCCC1. The Morgan fingerprint density at radius 3 is 1.89 bits per heavy atom. The molecule has 1 aliphatic carbocycles. The third-order valence-corrected chi connectivity index (χ3v) is 5.49. The fraction of sp³-hybridized carbons (Fsp3) is 1.00. The molecule has 19 heavy (non-hydrogen) atoms. The van der Waals surface area contributed by atoms with Crippen LogP contribution in [0.25, 0.3) is 0 Å². The summed E-state index contributed by atoms with van der Waals surface area (Å²) in [4.78, 5) is 0. The quantitative estimate of drug-likeness (QED) is 0.606. The number of halogens is 2. The van der Waals surface area contributed by atoms with E-state index in [0.29, 0.717) is 0 Å². The Labute approximate surface area is 114 Å². The molecule has 0 unspecified atom stereocenters. The standard InChI is InChI=1S/C13H25F2O3P/c1-10(2)17-19(16,18-11(3)4)13(14,15)9-12-7-5-6-8-12/h10-12H,5-9H2,1-4H3. The van der Waals surface area contributed by atoms with Crippen molar-refractivity contribution in [2.45, 2.75) is 77.7 Å². The minimum atomic E-state index is -4.42. The topological polar surface area (TPSA) is 35.5 Å². The maximum absolute atomic E-state index is 14.3. The van der Waals surface area contributed by atoms with Gasteiger partial charge in [-0.3, -0.25) is 4.57 Å². The monoisotopic (exact) mass is 298 g/mol. The molecule has 0 amide bonds. The molecule has 6 heteroatoms. The van der Waals surface area contributed by atoms with E-state index in [0.717, 1.165) is 25.7 Å². The van der Waals surface area contributed by atoms with Crippen LogP contribution in [0.3, 0.4) is 0 Å². The molecule has 0 aromatic carbocycles. The lowest BCUT2D eigenvalue weighted by atomic mass is 10.1. The molecular weight excluding hydrogens is 273 g/mol. The van der Waals surface area contributed by atoms with Crippen molar-refractivity contribution in [1.29, 1.82) is 0 Å². The summed E-state index contributed by atoms with van der Waals surface area (Å²) in [6.07, 6.45) is 1.99. The van der Waals surface area contributed by atoms with Crippen molar-refractivity contribution in [1.82, 2.24) is 0 Å². The molecule has 1 aliphatic rings. The first-order valence-electron chi connectivity index (χ1n) is 7.01. The fourth-order valence-electron chi connectivity index (χ4n) is 2.41. The Kier molecular flexibility index (Phi) is 5.96. The zero-order valence-corrected chi connectivity index (χ0v) is 13.1. The van der Waals surface area contributed by atoms with E-state index in [2.05, 4.69) is 0 Å². The van der Waals surface area contributed by atoms with Crippen LogP contribution in [0.5, 0.6) is 0 Å². The molecule has 0 aromatic heterocycles. The van der Waals surface area contributed by atoms with Gasteiger partial charge in [0.15, 0.2) is 0 Å². The number of hydrogen-bond donors (Lipinski definition) is 0. The maximum Gasteiger partial charge on any atom is 0.400 e. The lowest BCUT2D eigenvalue weighted by Crippen LogP contribution is -2.26. The van der Waals surface area contributed by atoms with E-state index in [-0.39, 0.29) is 5.92 Å². The molecule has 0 aliphatic heterocycles. The summed E-state index contributed by atoms with van der Waals surface area (Å²) in [6.45, 7) is 6.34. The highest BCUT2D eigenvalue weighted by Gasteiger charge is 2.55. The Balaban J connectivity index is 2.83. The fourth-order valence-corrected chi connectivity index (χ4v) is 4.36. The summed E-state index contributed by atoms with van der Waals surface area (Å²) in [5, 5.41) is 0. The van der Waals surface area contributed by atoms with Gasteiger partial charge >= 0.3 is 13.3 Å². The van der Waals surface area contributed by atoms with Crippen molar-refractivity contribution in [3.63, 3.8) is 0 Å². The molecule has 1 fully saturated rings. The van der Waals surface area contributed by atoms with Gasteiger partial charge < -0.3 is 9.05 Å². The van der Waals surface area contributed by atoms with Gasteiger partial charge in [0, 0.05) is 6.42 Å². The minimum Gasteiger partial charge on any atom is -0.302 e. The third-order valence-electron chi connectivity index (χ3n) is 3.11. The van der Waals surface area contributed by atoms with Crippen molar-refractivity contribution in [2.24, 2.45) is 5.92 Å².